The van der Waals surface area contributed by atoms with Gasteiger partial charge >= 0.3 is 0 Å². The van der Waals surface area contributed by atoms with Crippen molar-refractivity contribution in [1.82, 2.24) is 10.6 Å². The molecule has 0 aromatic heterocycles. The Bertz CT molecular complexity index is 163. The van der Waals surface area contributed by atoms with Crippen LogP contribution >= 0.6 is 0 Å². The van der Waals surface area contributed by atoms with Crippen LogP contribution in [0.25, 0.3) is 0 Å². The molecule has 0 aliphatic heterocycles. The van der Waals surface area contributed by atoms with Crippen molar-refractivity contribution < 1.29 is 9.47 Å². The summed E-state index contributed by atoms with van der Waals surface area (Å²) in [5.41, 5.74) is 0. The van der Waals surface area contributed by atoms with Gasteiger partial charge in [-0.25, -0.2) is 0 Å². The van der Waals surface area contributed by atoms with Crippen LogP contribution in [-0.2, 0) is 9.47 Å². The minimum Gasteiger partial charge on any atom is -0.366 e. The normalized spacial score (nSPS) is 11.4. The van der Waals surface area contributed by atoms with Gasteiger partial charge in [0.15, 0.2) is 0 Å². The lowest BCUT2D eigenvalue weighted by molar-refractivity contribution is 0.116. The van der Waals surface area contributed by atoms with Crippen LogP contribution in [-0.4, -0.2) is 39.8 Å². The highest BCUT2D eigenvalue weighted by molar-refractivity contribution is 4.84. The fraction of sp³-hybridized carbons (Fsp3) is 0.846. The quantitative estimate of drug-likeness (QED) is 0.295. The van der Waals surface area contributed by atoms with E-state index in [1.165, 1.54) is 6.42 Å². The zero-order valence-electron chi connectivity index (χ0n) is 11.3. The van der Waals surface area contributed by atoms with Gasteiger partial charge in [-0.05, 0) is 12.8 Å². The number of hydrogen-bond donors (Lipinski definition) is 2. The molecule has 17 heavy (non-hydrogen) atoms. The van der Waals surface area contributed by atoms with Crippen LogP contribution in [0.15, 0.2) is 12.2 Å². The van der Waals surface area contributed by atoms with Gasteiger partial charge in [0.1, 0.15) is 0 Å². The lowest BCUT2D eigenvalue weighted by Crippen LogP contribution is -2.20. The molecule has 0 atom stereocenters. The highest BCUT2D eigenvalue weighted by atomic mass is 16.5. The van der Waals surface area contributed by atoms with Gasteiger partial charge in [0, 0.05) is 26.3 Å². The maximum Gasteiger partial charge on any atom is 0.0967 e. The van der Waals surface area contributed by atoms with Crippen molar-refractivity contribution in [1.29, 1.82) is 0 Å². The Morgan fingerprint density at radius 3 is 1.94 bits per heavy atom. The minimum absolute atomic E-state index is 0.631. The zero-order chi connectivity index (χ0) is 12.6. The molecule has 102 valence electrons. The van der Waals surface area contributed by atoms with E-state index in [2.05, 4.69) is 36.6 Å². The highest BCUT2D eigenvalue weighted by Gasteiger charge is 1.85. The van der Waals surface area contributed by atoms with E-state index in [0.29, 0.717) is 13.5 Å². The SMILES string of the molecule is CCCCOCNCC=CCNCOCCC. The monoisotopic (exact) mass is 244 g/mol. The average Bonchev–Trinajstić information content (AvgIpc) is 2.35. The molecule has 0 rings (SSSR count). The summed E-state index contributed by atoms with van der Waals surface area (Å²) in [6.07, 6.45) is 7.58. The van der Waals surface area contributed by atoms with Gasteiger partial charge < -0.3 is 9.47 Å². The molecule has 0 aliphatic rings. The summed E-state index contributed by atoms with van der Waals surface area (Å²) in [4.78, 5) is 0. The summed E-state index contributed by atoms with van der Waals surface area (Å²) in [6, 6.07) is 0. The van der Waals surface area contributed by atoms with E-state index in [-0.39, 0.29) is 0 Å². The molecule has 0 aromatic carbocycles. The van der Waals surface area contributed by atoms with Crippen LogP contribution < -0.4 is 10.6 Å². The minimum atomic E-state index is 0.631. The number of hydrogen-bond acceptors (Lipinski definition) is 4. The molecule has 0 saturated heterocycles. The second-order valence-electron chi connectivity index (χ2n) is 3.84. The molecule has 2 N–H and O–H groups in total. The lowest BCUT2D eigenvalue weighted by Gasteiger charge is -2.03. The molecule has 0 amide bonds. The maximum absolute atomic E-state index is 5.37. The zero-order valence-corrected chi connectivity index (χ0v) is 11.3. The van der Waals surface area contributed by atoms with Gasteiger partial charge in [-0.2, -0.15) is 0 Å². The second kappa shape index (κ2) is 15.6. The van der Waals surface area contributed by atoms with E-state index in [9.17, 15) is 0 Å². The van der Waals surface area contributed by atoms with Crippen molar-refractivity contribution in [2.24, 2.45) is 0 Å². The van der Waals surface area contributed by atoms with Crippen LogP contribution in [0.3, 0.4) is 0 Å². The summed E-state index contributed by atoms with van der Waals surface area (Å²) in [6.45, 7) is 8.91. The largest absolute Gasteiger partial charge is 0.366 e. The third kappa shape index (κ3) is 15.6. The van der Waals surface area contributed by atoms with Crippen LogP contribution in [0.1, 0.15) is 33.1 Å². The molecule has 0 aliphatic carbocycles. The van der Waals surface area contributed by atoms with Gasteiger partial charge in [0.2, 0.25) is 0 Å². The van der Waals surface area contributed by atoms with E-state index in [0.717, 1.165) is 39.1 Å². The first-order chi connectivity index (χ1) is 8.41. The van der Waals surface area contributed by atoms with Crippen molar-refractivity contribution >= 4 is 0 Å². The molecule has 0 radical (unpaired) electrons. The fourth-order valence-corrected chi connectivity index (χ4v) is 1.13. The molecular formula is C13H28N2O2. The average molecular weight is 244 g/mol. The first kappa shape index (κ1) is 16.6. The highest BCUT2D eigenvalue weighted by Crippen LogP contribution is 1.85. The van der Waals surface area contributed by atoms with Crippen LogP contribution in [0.4, 0.5) is 0 Å². The molecule has 0 bridgehead atoms. The Morgan fingerprint density at radius 1 is 0.824 bits per heavy atom. The molecule has 0 fully saturated rings. The topological polar surface area (TPSA) is 42.5 Å². The Morgan fingerprint density at radius 2 is 1.41 bits per heavy atom. The van der Waals surface area contributed by atoms with Gasteiger partial charge in [-0.15, -0.1) is 0 Å². The number of unbranched alkanes of at least 4 members (excludes halogenated alkanes) is 1. The van der Waals surface area contributed by atoms with Gasteiger partial charge in [-0.3, -0.25) is 10.6 Å². The Balaban J connectivity index is 2.99. The molecule has 4 heteroatoms. The van der Waals surface area contributed by atoms with Crippen molar-refractivity contribution in [3.8, 4) is 0 Å². The predicted octanol–water partition coefficient (Wildman–Crippen LogP) is 1.88. The number of rotatable bonds is 13. The standard InChI is InChI=1S/C13H28N2O2/c1-3-5-11-17-13-15-9-7-6-8-14-12-16-10-4-2/h6-7,14-15H,3-5,8-13H2,1-2H3. The van der Waals surface area contributed by atoms with Crippen LogP contribution in [0, 0.1) is 0 Å². The van der Waals surface area contributed by atoms with E-state index in [1.807, 2.05) is 0 Å². The van der Waals surface area contributed by atoms with Crippen molar-refractivity contribution in [2.45, 2.75) is 33.1 Å². The summed E-state index contributed by atoms with van der Waals surface area (Å²) in [7, 11) is 0. The van der Waals surface area contributed by atoms with Crippen molar-refractivity contribution in [2.75, 3.05) is 39.8 Å². The first-order valence-corrected chi connectivity index (χ1v) is 6.63. The number of ether oxygens (including phenoxy) is 2. The molecule has 0 saturated carbocycles. The third-order valence-electron chi connectivity index (χ3n) is 2.09. The van der Waals surface area contributed by atoms with E-state index < -0.39 is 0 Å². The van der Waals surface area contributed by atoms with Crippen molar-refractivity contribution in [3.63, 3.8) is 0 Å². The fourth-order valence-electron chi connectivity index (χ4n) is 1.13. The lowest BCUT2D eigenvalue weighted by atomic mass is 10.4. The van der Waals surface area contributed by atoms with Gasteiger partial charge in [0.05, 0.1) is 13.5 Å². The molecular weight excluding hydrogens is 216 g/mol. The third-order valence-corrected chi connectivity index (χ3v) is 2.09. The van der Waals surface area contributed by atoms with E-state index in [1.54, 1.807) is 0 Å². The van der Waals surface area contributed by atoms with Crippen LogP contribution in [0.5, 0.6) is 0 Å². The first-order valence-electron chi connectivity index (χ1n) is 6.63. The number of nitrogens with one attached hydrogen (secondary N) is 2. The predicted molar refractivity (Wildman–Crippen MR) is 72.0 cm³/mol. The maximum atomic E-state index is 5.37. The van der Waals surface area contributed by atoms with Crippen LogP contribution in [0.2, 0.25) is 0 Å². The van der Waals surface area contributed by atoms with E-state index >= 15 is 0 Å². The molecule has 0 heterocycles. The van der Waals surface area contributed by atoms with Gasteiger partial charge in [0.25, 0.3) is 0 Å². The Kier molecular flexibility index (Phi) is 15.2. The van der Waals surface area contributed by atoms with Crippen molar-refractivity contribution in [3.05, 3.63) is 12.2 Å². The smallest absolute Gasteiger partial charge is 0.0967 e. The molecule has 4 nitrogen and oxygen atoms in total. The molecule has 0 unspecified atom stereocenters. The molecule has 0 aromatic rings. The van der Waals surface area contributed by atoms with Gasteiger partial charge in [-0.1, -0.05) is 32.4 Å². The molecule has 0 spiro atoms. The summed E-state index contributed by atoms with van der Waals surface area (Å²) in [5.74, 6) is 0. The Hall–Kier alpha value is -0.420. The summed E-state index contributed by atoms with van der Waals surface area (Å²) < 4.78 is 10.7. The summed E-state index contributed by atoms with van der Waals surface area (Å²) in [5, 5.41) is 6.36. The van der Waals surface area contributed by atoms with E-state index in [4.69, 9.17) is 9.47 Å². The second-order valence-corrected chi connectivity index (χ2v) is 3.84. The Labute approximate surface area is 106 Å². The summed E-state index contributed by atoms with van der Waals surface area (Å²) >= 11 is 0.